The number of hydrogen-bond acceptors (Lipinski definition) is 4. The highest BCUT2D eigenvalue weighted by Gasteiger charge is 2.28. The van der Waals surface area contributed by atoms with Gasteiger partial charge in [-0.2, -0.15) is 0 Å². The smallest absolute Gasteiger partial charge is 0.307 e. The molecule has 0 bridgehead atoms. The summed E-state index contributed by atoms with van der Waals surface area (Å²) in [5.41, 5.74) is -1.43. The Hall–Kier alpha value is -3.34. The van der Waals surface area contributed by atoms with Gasteiger partial charge < -0.3 is 10.1 Å². The number of carboxylic acids is 1. The van der Waals surface area contributed by atoms with Crippen molar-refractivity contribution in [1.29, 1.82) is 0 Å². The van der Waals surface area contributed by atoms with Crippen molar-refractivity contribution >= 4 is 38.0 Å². The Bertz CT molecular complexity index is 2030. The second-order valence-corrected chi connectivity index (χ2v) is 9.71. The van der Waals surface area contributed by atoms with Gasteiger partial charge in [-0.15, -0.1) is 11.3 Å². The van der Waals surface area contributed by atoms with E-state index in [2.05, 4.69) is 16.8 Å². The molecule has 2 N–H and O–H groups in total. The molecule has 162 valence electrons. The molecule has 2 aromatic heterocycles. The Morgan fingerprint density at radius 2 is 1.97 bits per heavy atom. The molecule has 0 aliphatic heterocycles. The number of para-hydroxylation sites is 1. The highest BCUT2D eigenvalue weighted by molar-refractivity contribution is 7.93. The zero-order valence-corrected chi connectivity index (χ0v) is 18.0. The van der Waals surface area contributed by atoms with Crippen molar-refractivity contribution in [3.05, 3.63) is 88.2 Å². The summed E-state index contributed by atoms with van der Waals surface area (Å²) < 4.78 is 124. The van der Waals surface area contributed by atoms with Crippen molar-refractivity contribution in [2.75, 3.05) is 5.75 Å². The van der Waals surface area contributed by atoms with Crippen LogP contribution in [0.3, 0.4) is 0 Å². The van der Waals surface area contributed by atoms with E-state index >= 15 is 0 Å². The topological polar surface area (TPSA) is 87.2 Å². The van der Waals surface area contributed by atoms with Gasteiger partial charge >= 0.3 is 5.97 Å². The van der Waals surface area contributed by atoms with Crippen LogP contribution in [0.5, 0.6) is 0 Å². The van der Waals surface area contributed by atoms with Crippen LogP contribution in [0.2, 0.25) is 0 Å². The maximum atomic E-state index is 13.4. The van der Waals surface area contributed by atoms with Crippen LogP contribution in [-0.2, 0) is 21.0 Å². The van der Waals surface area contributed by atoms with E-state index in [1.54, 1.807) is 0 Å². The van der Waals surface area contributed by atoms with Crippen LogP contribution in [-0.4, -0.2) is 30.2 Å². The number of benzene rings is 2. The summed E-state index contributed by atoms with van der Waals surface area (Å²) in [6, 6.07) is -2.06. The minimum absolute atomic E-state index is 0.0657. The number of fused-ring (bicyclic) bond motifs is 1. The number of hydrogen-bond donors (Lipinski definition) is 2. The third-order valence-electron chi connectivity index (χ3n) is 4.07. The van der Waals surface area contributed by atoms with Crippen LogP contribution in [0, 0.1) is 24.7 Å². The summed E-state index contributed by atoms with van der Waals surface area (Å²) in [5.74, 6) is -2.31. The summed E-state index contributed by atoms with van der Waals surface area (Å²) >= 11 is 0.536. The first-order valence-electron chi connectivity index (χ1n) is 14.9. The molecule has 1 atom stereocenters. The van der Waals surface area contributed by atoms with Crippen molar-refractivity contribution in [2.24, 2.45) is 5.89 Å². The van der Waals surface area contributed by atoms with E-state index < -0.39 is 84.8 Å². The number of sulfone groups is 1. The fraction of sp³-hybridized carbons (Fsp3) is 0.160. The monoisotopic (exact) mass is 475 g/mol. The quantitative estimate of drug-likeness (QED) is 0.397. The van der Waals surface area contributed by atoms with Crippen LogP contribution in [0.25, 0.3) is 10.9 Å². The number of H-pyrrole nitrogens is 1. The molecule has 0 fully saturated rings. The summed E-state index contributed by atoms with van der Waals surface area (Å²) in [7, 11) is -4.75. The average molecular weight is 476 g/mol. The molecule has 0 radical (unpaired) electrons. The number of thiophene rings is 1. The molecule has 0 saturated heterocycles. The molecule has 0 amide bonds. The van der Waals surface area contributed by atoms with Crippen LogP contribution in [0.4, 0.5) is 0 Å². The minimum atomic E-state index is -4.75. The fourth-order valence-corrected chi connectivity index (χ4v) is 5.09. The first-order valence-corrected chi connectivity index (χ1v) is 11.4. The predicted molar refractivity (Wildman–Crippen MR) is 127 cm³/mol. The molecule has 0 aliphatic rings. The molecule has 2 heterocycles. The van der Waals surface area contributed by atoms with E-state index in [1.165, 1.54) is 13.0 Å². The third-order valence-corrected chi connectivity index (χ3v) is 7.29. The number of nitrogens with one attached hydrogen (secondary N) is 1. The minimum Gasteiger partial charge on any atom is -0.481 e. The number of aromatic nitrogens is 1. The molecule has 32 heavy (non-hydrogen) atoms. The zero-order chi connectivity index (χ0) is 33.3. The lowest BCUT2D eigenvalue weighted by molar-refractivity contribution is -0.140. The maximum Gasteiger partial charge on any atom is 0.307 e. The van der Waals surface area contributed by atoms with Gasteiger partial charge in [-0.25, -0.2) is 8.42 Å². The molecule has 0 saturated carbocycles. The van der Waals surface area contributed by atoms with Gasteiger partial charge in [-0.3, -0.25) is 4.79 Å². The number of carbonyl (C=O) groups is 1. The van der Waals surface area contributed by atoms with E-state index in [0.29, 0.717) is 11.3 Å². The van der Waals surface area contributed by atoms with Crippen LogP contribution in [0.1, 0.15) is 38.0 Å². The highest BCUT2D eigenvalue weighted by Crippen LogP contribution is 2.26. The molecule has 2 aromatic carbocycles. The van der Waals surface area contributed by atoms with Gasteiger partial charge in [-0.05, 0) is 49.1 Å². The van der Waals surface area contributed by atoms with Gasteiger partial charge in [0.1, 0.15) is 4.21 Å². The summed E-state index contributed by atoms with van der Waals surface area (Å²) in [6.07, 6.45) is -4.34. The van der Waals surface area contributed by atoms with E-state index in [4.69, 9.17) is 16.4 Å². The molecular weight excluding hydrogens is 442 g/mol. The molecule has 7 heteroatoms. The Morgan fingerprint density at radius 3 is 2.72 bits per heavy atom. The van der Waals surface area contributed by atoms with Gasteiger partial charge in [0, 0.05) is 26.8 Å². The van der Waals surface area contributed by atoms with Crippen molar-refractivity contribution in [2.45, 2.75) is 17.5 Å². The number of aromatic amines is 1. The summed E-state index contributed by atoms with van der Waals surface area (Å²) in [5, 5.41) is 9.41. The molecule has 0 spiro atoms. The lowest BCUT2D eigenvalue weighted by atomic mass is 10.0. The number of carboxylic acid groups (broad SMARTS) is 1. The van der Waals surface area contributed by atoms with Gasteiger partial charge in [0.05, 0.1) is 28.9 Å². The van der Waals surface area contributed by atoms with Gasteiger partial charge in [-0.1, -0.05) is 47.6 Å². The van der Waals surface area contributed by atoms with Gasteiger partial charge in [0.15, 0.2) is 9.84 Å². The number of aliphatic carboxylic acids is 1. The Kier molecular flexibility index (Phi) is 3.25. The second-order valence-electron chi connectivity index (χ2n) is 6.41. The summed E-state index contributed by atoms with van der Waals surface area (Å²) in [6.45, 7) is 1.42. The Balaban J connectivity index is 1.78. The van der Waals surface area contributed by atoms with Gasteiger partial charge in [0.25, 0.3) is 0 Å². The fourth-order valence-electron chi connectivity index (χ4n) is 2.55. The molecular formula is C25H21NO4S2. The zero-order valence-electron chi connectivity index (χ0n) is 28.4. The largest absolute Gasteiger partial charge is 0.481 e. The second kappa shape index (κ2) is 9.03. The first-order chi connectivity index (χ1) is 20.2. The van der Waals surface area contributed by atoms with Crippen LogP contribution >= 0.6 is 11.3 Å². The maximum absolute atomic E-state index is 13.4. The van der Waals surface area contributed by atoms with Crippen molar-refractivity contribution in [3.8, 4) is 11.8 Å². The standard InChI is InChI=1S/C25H21NO4S2/c1-17-6-8-18(9-7-17)10-11-21-12-13-24(31-21)32(29,30)16-20(25(27)28)14-19-15-26-23-5-3-2-4-22(19)23/h2-9,12-13,15,20,26H,14,16H2,1H3,(H,27,28)/t20-/m1/s1/i2D,3D,4D,5D,6D,7D,8D,9D,14D2,15D,20D. The van der Waals surface area contributed by atoms with E-state index in [-0.39, 0.29) is 40.2 Å². The van der Waals surface area contributed by atoms with Crippen molar-refractivity contribution in [3.63, 3.8) is 0 Å². The SMILES string of the molecule is [2H]c1[nH]c2c([2H])c([2H])c([2H])c([2H])c2c1C([2H])([2H])[C@]([2H])(CS(=O)(=O)c1ccc(C#Cc2c([2H])c([2H])c(C)c([2H])c2[2H])s1)C(=O)O. The molecule has 4 aromatic rings. The Morgan fingerprint density at radius 1 is 1.22 bits per heavy atom. The summed E-state index contributed by atoms with van der Waals surface area (Å²) in [4.78, 5) is 14.8. The molecule has 4 rings (SSSR count). The van der Waals surface area contributed by atoms with Crippen molar-refractivity contribution in [1.82, 2.24) is 4.98 Å². The first kappa shape index (κ1) is 11.5. The Labute approximate surface area is 207 Å². The lowest BCUT2D eigenvalue weighted by Gasteiger charge is -2.11. The van der Waals surface area contributed by atoms with E-state index in [9.17, 15) is 18.3 Å². The molecule has 0 aliphatic carbocycles. The van der Waals surface area contributed by atoms with Crippen LogP contribution < -0.4 is 0 Å². The van der Waals surface area contributed by atoms with Crippen LogP contribution in [0.15, 0.2) is 70.9 Å². The molecule has 5 nitrogen and oxygen atoms in total. The van der Waals surface area contributed by atoms with E-state index in [1.807, 2.05) is 0 Å². The number of rotatable bonds is 6. The van der Waals surface area contributed by atoms with Crippen molar-refractivity contribution < 1.29 is 34.8 Å². The average Bonchev–Trinajstić information content (AvgIpc) is 3.58. The third kappa shape index (κ3) is 4.93. The normalized spacial score (nSPS) is 19.0. The van der Waals surface area contributed by atoms with E-state index in [0.717, 1.165) is 6.07 Å². The predicted octanol–water partition coefficient (Wildman–Crippen LogP) is 4.65. The van der Waals surface area contributed by atoms with Gasteiger partial charge in [0.2, 0.25) is 0 Å². The highest BCUT2D eigenvalue weighted by atomic mass is 32.2. The lowest BCUT2D eigenvalue weighted by Crippen LogP contribution is -2.25. The molecule has 0 unspecified atom stereocenters.